The number of likely N-dealkylation sites (tertiary alicyclic amines) is 1. The van der Waals surface area contributed by atoms with Gasteiger partial charge in [-0.25, -0.2) is 0 Å². The molecule has 1 aromatic rings. The Morgan fingerprint density at radius 3 is 3.21 bits per heavy atom. The zero-order valence-corrected chi connectivity index (χ0v) is 11.5. The van der Waals surface area contributed by atoms with Gasteiger partial charge in [-0.3, -0.25) is 4.98 Å². The Morgan fingerprint density at radius 2 is 2.37 bits per heavy atom. The second-order valence-electron chi connectivity index (χ2n) is 5.67. The van der Waals surface area contributed by atoms with Crippen LogP contribution in [0.2, 0.25) is 0 Å². The molecule has 1 N–H and O–H groups in total. The highest BCUT2D eigenvalue weighted by Crippen LogP contribution is 2.33. The van der Waals surface area contributed by atoms with E-state index in [2.05, 4.69) is 27.5 Å². The van der Waals surface area contributed by atoms with Crippen LogP contribution in [0.4, 0.5) is 0 Å². The molecule has 4 heteroatoms. The molecule has 0 bridgehead atoms. The van der Waals surface area contributed by atoms with Gasteiger partial charge in [0.25, 0.3) is 0 Å². The topological polar surface area (TPSA) is 40.5 Å². The van der Waals surface area contributed by atoms with E-state index >= 15 is 0 Å². The predicted octanol–water partition coefficient (Wildman–Crippen LogP) is 2.03. The van der Waals surface area contributed by atoms with Crippen molar-refractivity contribution in [3.8, 4) is 0 Å². The lowest BCUT2D eigenvalue weighted by molar-refractivity contribution is 0.260. The fraction of sp³-hybridized carbons (Fsp3) is 0.600. The van der Waals surface area contributed by atoms with E-state index in [1.165, 1.54) is 25.1 Å². The molecule has 1 aliphatic heterocycles. The van der Waals surface area contributed by atoms with Crippen molar-refractivity contribution in [1.29, 1.82) is 0 Å². The first-order valence-corrected chi connectivity index (χ1v) is 7.21. The maximum absolute atomic E-state index is 4.57. The van der Waals surface area contributed by atoms with Gasteiger partial charge < -0.3 is 10.3 Å². The summed E-state index contributed by atoms with van der Waals surface area (Å²) < 4.78 is 0. The van der Waals surface area contributed by atoms with Gasteiger partial charge in [-0.15, -0.1) is 0 Å². The second kappa shape index (κ2) is 5.70. The van der Waals surface area contributed by atoms with E-state index < -0.39 is 0 Å². The molecule has 0 spiro atoms. The van der Waals surface area contributed by atoms with Crippen LogP contribution < -0.4 is 5.43 Å². The lowest BCUT2D eigenvalue weighted by atomic mass is 9.84. The van der Waals surface area contributed by atoms with Gasteiger partial charge in [0.1, 0.15) is 0 Å². The SMILES string of the molecule is CN1CCC2CC/C(=N\NCc3ccccn3)CC21. The van der Waals surface area contributed by atoms with Crippen molar-refractivity contribution in [2.75, 3.05) is 13.6 Å². The van der Waals surface area contributed by atoms with Gasteiger partial charge in [0, 0.05) is 24.4 Å². The molecule has 2 fully saturated rings. The van der Waals surface area contributed by atoms with E-state index in [9.17, 15) is 0 Å². The number of pyridine rings is 1. The molecule has 2 heterocycles. The molecule has 2 atom stereocenters. The van der Waals surface area contributed by atoms with Crippen molar-refractivity contribution in [3.05, 3.63) is 30.1 Å². The largest absolute Gasteiger partial charge is 0.304 e. The van der Waals surface area contributed by atoms with Gasteiger partial charge in [-0.1, -0.05) is 6.07 Å². The molecule has 3 rings (SSSR count). The molecule has 2 unspecified atom stereocenters. The number of nitrogens with one attached hydrogen (secondary N) is 1. The number of hydrogen-bond donors (Lipinski definition) is 1. The summed E-state index contributed by atoms with van der Waals surface area (Å²) in [6, 6.07) is 6.70. The van der Waals surface area contributed by atoms with Gasteiger partial charge in [0.05, 0.1) is 12.2 Å². The smallest absolute Gasteiger partial charge is 0.0752 e. The van der Waals surface area contributed by atoms with Crippen LogP contribution in [0.5, 0.6) is 0 Å². The van der Waals surface area contributed by atoms with Crippen LogP contribution in [0.1, 0.15) is 31.4 Å². The Morgan fingerprint density at radius 1 is 1.42 bits per heavy atom. The van der Waals surface area contributed by atoms with Crippen molar-refractivity contribution in [1.82, 2.24) is 15.3 Å². The summed E-state index contributed by atoms with van der Waals surface area (Å²) in [4.78, 5) is 6.78. The monoisotopic (exact) mass is 258 g/mol. The Labute approximate surface area is 114 Å². The molecular weight excluding hydrogens is 236 g/mol. The maximum atomic E-state index is 4.57. The van der Waals surface area contributed by atoms with Crippen LogP contribution in [-0.2, 0) is 6.54 Å². The molecule has 1 saturated carbocycles. The Bertz CT molecular complexity index is 443. The number of fused-ring (bicyclic) bond motifs is 1. The average Bonchev–Trinajstić information content (AvgIpc) is 2.82. The molecular formula is C15H22N4. The minimum absolute atomic E-state index is 0.717. The summed E-state index contributed by atoms with van der Waals surface area (Å²) in [5.41, 5.74) is 5.54. The molecule has 0 radical (unpaired) electrons. The minimum atomic E-state index is 0.717. The van der Waals surface area contributed by atoms with Crippen molar-refractivity contribution in [2.24, 2.45) is 11.0 Å². The predicted molar refractivity (Wildman–Crippen MR) is 76.9 cm³/mol. The summed E-state index contributed by atoms with van der Waals surface area (Å²) in [7, 11) is 2.24. The molecule has 2 aliphatic rings. The number of aromatic nitrogens is 1. The van der Waals surface area contributed by atoms with Gasteiger partial charge in [0.15, 0.2) is 0 Å². The zero-order valence-electron chi connectivity index (χ0n) is 11.5. The molecule has 1 aliphatic carbocycles. The minimum Gasteiger partial charge on any atom is -0.304 e. The second-order valence-corrected chi connectivity index (χ2v) is 5.67. The number of hydrazone groups is 1. The number of rotatable bonds is 3. The third-order valence-electron chi connectivity index (χ3n) is 4.43. The van der Waals surface area contributed by atoms with Gasteiger partial charge >= 0.3 is 0 Å². The molecule has 0 amide bonds. The first-order chi connectivity index (χ1) is 9.33. The lowest BCUT2D eigenvalue weighted by Crippen LogP contribution is -2.35. The zero-order chi connectivity index (χ0) is 13.1. The van der Waals surface area contributed by atoms with Crippen LogP contribution in [0.15, 0.2) is 29.5 Å². The van der Waals surface area contributed by atoms with E-state index in [1.54, 1.807) is 0 Å². The van der Waals surface area contributed by atoms with E-state index in [0.717, 1.165) is 30.5 Å². The van der Waals surface area contributed by atoms with Gasteiger partial charge in [0.2, 0.25) is 0 Å². The van der Waals surface area contributed by atoms with E-state index in [-0.39, 0.29) is 0 Å². The molecule has 1 aromatic heterocycles. The van der Waals surface area contributed by atoms with Crippen LogP contribution in [-0.4, -0.2) is 35.2 Å². The Hall–Kier alpha value is -1.42. The number of hydrogen-bond acceptors (Lipinski definition) is 4. The first-order valence-electron chi connectivity index (χ1n) is 7.21. The summed E-state index contributed by atoms with van der Waals surface area (Å²) in [6.07, 6.45) is 6.79. The normalized spacial score (nSPS) is 29.4. The van der Waals surface area contributed by atoms with Crippen molar-refractivity contribution in [3.63, 3.8) is 0 Å². The molecule has 102 valence electrons. The summed E-state index contributed by atoms with van der Waals surface area (Å²) >= 11 is 0. The third-order valence-corrected chi connectivity index (χ3v) is 4.43. The van der Waals surface area contributed by atoms with Crippen molar-refractivity contribution >= 4 is 5.71 Å². The molecule has 4 nitrogen and oxygen atoms in total. The summed E-state index contributed by atoms with van der Waals surface area (Å²) in [5.74, 6) is 0.903. The summed E-state index contributed by atoms with van der Waals surface area (Å²) in [6.45, 7) is 1.97. The fourth-order valence-electron chi connectivity index (χ4n) is 3.28. The Kier molecular flexibility index (Phi) is 3.78. The average molecular weight is 258 g/mol. The lowest BCUT2D eigenvalue weighted by Gasteiger charge is -2.30. The quantitative estimate of drug-likeness (QED) is 0.843. The third kappa shape index (κ3) is 2.95. The van der Waals surface area contributed by atoms with E-state index in [0.29, 0.717) is 6.54 Å². The first kappa shape index (κ1) is 12.6. The highest BCUT2D eigenvalue weighted by molar-refractivity contribution is 5.85. The highest BCUT2D eigenvalue weighted by Gasteiger charge is 2.35. The fourth-order valence-corrected chi connectivity index (χ4v) is 3.28. The van der Waals surface area contributed by atoms with Crippen LogP contribution in [0.3, 0.4) is 0 Å². The summed E-state index contributed by atoms with van der Waals surface area (Å²) in [5, 5.41) is 4.57. The van der Waals surface area contributed by atoms with E-state index in [4.69, 9.17) is 0 Å². The Balaban J connectivity index is 1.53. The van der Waals surface area contributed by atoms with Gasteiger partial charge in [-0.2, -0.15) is 5.10 Å². The van der Waals surface area contributed by atoms with E-state index in [1.807, 2.05) is 24.4 Å². The maximum Gasteiger partial charge on any atom is 0.0752 e. The standard InChI is InChI=1S/C15H22N4/c1-19-9-7-12-5-6-13(10-15(12)19)18-17-11-14-4-2-3-8-16-14/h2-4,8,12,15,17H,5-7,9-11H2,1H3/b18-13+. The number of nitrogens with zero attached hydrogens (tertiary/aromatic N) is 3. The molecule has 1 saturated heterocycles. The van der Waals surface area contributed by atoms with Crippen molar-refractivity contribution in [2.45, 2.75) is 38.3 Å². The molecule has 19 heavy (non-hydrogen) atoms. The van der Waals surface area contributed by atoms with Crippen LogP contribution >= 0.6 is 0 Å². The van der Waals surface area contributed by atoms with Crippen LogP contribution in [0.25, 0.3) is 0 Å². The van der Waals surface area contributed by atoms with Crippen LogP contribution in [0, 0.1) is 5.92 Å². The molecule has 0 aromatic carbocycles. The van der Waals surface area contributed by atoms with Crippen molar-refractivity contribution < 1.29 is 0 Å². The van der Waals surface area contributed by atoms with Gasteiger partial charge in [-0.05, 0) is 50.9 Å². The highest BCUT2D eigenvalue weighted by atomic mass is 15.3.